The van der Waals surface area contributed by atoms with E-state index in [4.69, 9.17) is 5.26 Å². The largest absolute Gasteiger partial charge is 0.202 e. The minimum absolute atomic E-state index is 0.376. The molecule has 0 N–H and O–H groups in total. The number of nitriles is 1. The summed E-state index contributed by atoms with van der Waals surface area (Å²) >= 11 is 0. The third-order valence-electron chi connectivity index (χ3n) is 1.59. The molecule has 82 valence electrons. The van der Waals surface area contributed by atoms with Gasteiger partial charge in [-0.25, -0.2) is 22.0 Å². The molecule has 16 heavy (non-hydrogen) atoms. The lowest BCUT2D eigenvalue weighted by molar-refractivity contribution is 0.376. The first kappa shape index (κ1) is 12.0. The molecule has 0 bridgehead atoms. The topological polar surface area (TPSA) is 23.8 Å². The van der Waals surface area contributed by atoms with Gasteiger partial charge in [0.15, 0.2) is 23.3 Å². The molecule has 6 heteroatoms. The van der Waals surface area contributed by atoms with Crippen molar-refractivity contribution >= 4 is 0 Å². The molecule has 1 rings (SSSR count). The highest BCUT2D eigenvalue weighted by molar-refractivity contribution is 5.38. The second kappa shape index (κ2) is 4.63. The van der Waals surface area contributed by atoms with Gasteiger partial charge in [-0.15, -0.1) is 0 Å². The summed E-state index contributed by atoms with van der Waals surface area (Å²) in [6, 6.07) is 1.54. The van der Waals surface area contributed by atoms with Crippen LogP contribution in [-0.2, 0) is 0 Å². The van der Waals surface area contributed by atoms with Gasteiger partial charge < -0.3 is 0 Å². The summed E-state index contributed by atoms with van der Waals surface area (Å²) in [6.07, 6.45) is -0.376. The summed E-state index contributed by atoms with van der Waals surface area (Å²) in [5.41, 5.74) is -1.23. The van der Waals surface area contributed by atoms with Gasteiger partial charge in [-0.1, -0.05) is 11.8 Å². The summed E-state index contributed by atoms with van der Waals surface area (Å²) in [7, 11) is 0. The van der Waals surface area contributed by atoms with E-state index in [-0.39, 0.29) is 6.42 Å². The molecule has 0 saturated heterocycles. The van der Waals surface area contributed by atoms with Crippen molar-refractivity contribution in [2.75, 3.05) is 0 Å². The van der Waals surface area contributed by atoms with Crippen molar-refractivity contribution in [3.8, 4) is 17.9 Å². The highest BCUT2D eigenvalue weighted by Crippen LogP contribution is 2.22. The molecule has 0 aliphatic carbocycles. The lowest BCUT2D eigenvalue weighted by atomic mass is 10.1. The van der Waals surface area contributed by atoms with Crippen LogP contribution in [0.5, 0.6) is 0 Å². The number of halogens is 5. The molecule has 1 nitrogen and oxygen atoms in total. The van der Waals surface area contributed by atoms with E-state index in [0.717, 1.165) is 0 Å². The Kier molecular flexibility index (Phi) is 3.47. The van der Waals surface area contributed by atoms with Crippen LogP contribution < -0.4 is 0 Å². The fourth-order valence-corrected chi connectivity index (χ4v) is 0.887. The normalized spacial score (nSPS) is 9.25. The van der Waals surface area contributed by atoms with E-state index in [9.17, 15) is 22.0 Å². The molecule has 0 heterocycles. The van der Waals surface area contributed by atoms with Crippen molar-refractivity contribution in [3.63, 3.8) is 0 Å². The molecular formula is C10H2F5N. The second-order valence-electron chi connectivity index (χ2n) is 2.58. The van der Waals surface area contributed by atoms with E-state index in [2.05, 4.69) is 0 Å². The van der Waals surface area contributed by atoms with Crippen molar-refractivity contribution in [2.45, 2.75) is 6.42 Å². The van der Waals surface area contributed by atoms with Crippen LogP contribution in [0.1, 0.15) is 12.0 Å². The molecule has 0 unspecified atom stereocenters. The Balaban J connectivity index is 3.43. The maximum atomic E-state index is 12.9. The average molecular weight is 231 g/mol. The first-order chi connectivity index (χ1) is 7.50. The van der Waals surface area contributed by atoms with Gasteiger partial charge >= 0.3 is 0 Å². The predicted octanol–water partition coefficient (Wildman–Crippen LogP) is 2.65. The van der Waals surface area contributed by atoms with Crippen molar-refractivity contribution in [1.82, 2.24) is 0 Å². The molecule has 0 spiro atoms. The third-order valence-corrected chi connectivity index (χ3v) is 1.59. The third kappa shape index (κ3) is 1.96. The van der Waals surface area contributed by atoms with E-state index in [1.807, 2.05) is 5.92 Å². The van der Waals surface area contributed by atoms with E-state index in [0.29, 0.717) is 0 Å². The van der Waals surface area contributed by atoms with Crippen molar-refractivity contribution in [2.24, 2.45) is 0 Å². The van der Waals surface area contributed by atoms with Gasteiger partial charge in [0, 0.05) is 0 Å². The van der Waals surface area contributed by atoms with Crippen molar-refractivity contribution < 1.29 is 22.0 Å². The van der Waals surface area contributed by atoms with E-state index in [1.54, 1.807) is 5.92 Å². The Labute approximate surface area is 87.1 Å². The van der Waals surface area contributed by atoms with Gasteiger partial charge in [-0.05, 0) is 0 Å². The number of hydrogen-bond donors (Lipinski definition) is 0. The Morgan fingerprint density at radius 3 is 1.69 bits per heavy atom. The Hall–Kier alpha value is -2.08. The van der Waals surface area contributed by atoms with Crippen LogP contribution in [0.2, 0.25) is 0 Å². The summed E-state index contributed by atoms with van der Waals surface area (Å²) in [5.74, 6) is -6.66. The van der Waals surface area contributed by atoms with Crippen LogP contribution in [0.3, 0.4) is 0 Å². The maximum absolute atomic E-state index is 12.9. The second-order valence-corrected chi connectivity index (χ2v) is 2.58. The summed E-state index contributed by atoms with van der Waals surface area (Å²) in [5, 5.41) is 8.09. The number of rotatable bonds is 0. The summed E-state index contributed by atoms with van der Waals surface area (Å²) < 4.78 is 63.6. The number of nitrogens with zero attached hydrogens (tertiary/aromatic N) is 1. The summed E-state index contributed by atoms with van der Waals surface area (Å²) in [4.78, 5) is 0. The maximum Gasteiger partial charge on any atom is 0.200 e. The van der Waals surface area contributed by atoms with Crippen LogP contribution in [-0.4, -0.2) is 0 Å². The molecule has 1 aromatic rings. The SMILES string of the molecule is N#CCC#Cc1c(F)c(F)c(F)c(F)c1F. The Bertz CT molecular complexity index is 504. The van der Waals surface area contributed by atoms with E-state index in [1.165, 1.54) is 6.07 Å². The fourth-order valence-electron chi connectivity index (χ4n) is 0.887. The van der Waals surface area contributed by atoms with Crippen LogP contribution in [0, 0.1) is 52.3 Å². The minimum atomic E-state index is -2.24. The van der Waals surface area contributed by atoms with Crippen LogP contribution in [0.25, 0.3) is 0 Å². The first-order valence-electron chi connectivity index (χ1n) is 3.88. The molecule has 0 aliphatic heterocycles. The molecule has 0 amide bonds. The zero-order valence-electron chi connectivity index (χ0n) is 7.54. The highest BCUT2D eigenvalue weighted by atomic mass is 19.2. The van der Waals surface area contributed by atoms with Crippen molar-refractivity contribution in [3.05, 3.63) is 34.6 Å². The van der Waals surface area contributed by atoms with Gasteiger partial charge in [-0.2, -0.15) is 5.26 Å². The number of hydrogen-bond acceptors (Lipinski definition) is 1. The molecule has 0 atom stereocenters. The van der Waals surface area contributed by atoms with Crippen LogP contribution in [0.4, 0.5) is 22.0 Å². The fraction of sp³-hybridized carbons (Fsp3) is 0.100. The van der Waals surface area contributed by atoms with Crippen LogP contribution >= 0.6 is 0 Å². The molecular weight excluding hydrogens is 229 g/mol. The Morgan fingerprint density at radius 2 is 1.25 bits per heavy atom. The molecule has 0 radical (unpaired) electrons. The number of benzene rings is 1. The van der Waals surface area contributed by atoms with E-state index < -0.39 is 34.6 Å². The monoisotopic (exact) mass is 231 g/mol. The highest BCUT2D eigenvalue weighted by Gasteiger charge is 2.24. The molecule has 1 aromatic carbocycles. The average Bonchev–Trinajstić information content (AvgIpc) is 2.28. The standard InChI is InChI=1S/C10H2F5N/c11-6-5(3-1-2-4-16)7(12)9(14)10(15)8(6)13/h2H2. The smallest absolute Gasteiger partial charge is 0.200 e. The summed E-state index contributed by atoms with van der Waals surface area (Å²) in [6.45, 7) is 0. The molecule has 0 fully saturated rings. The zero-order chi connectivity index (χ0) is 12.3. The first-order valence-corrected chi connectivity index (χ1v) is 3.88. The van der Waals surface area contributed by atoms with Gasteiger partial charge in [0.05, 0.1) is 12.5 Å². The van der Waals surface area contributed by atoms with Gasteiger partial charge in [0.1, 0.15) is 5.56 Å². The van der Waals surface area contributed by atoms with Gasteiger partial charge in [0.2, 0.25) is 5.82 Å². The lowest BCUT2D eigenvalue weighted by Gasteiger charge is -2.01. The van der Waals surface area contributed by atoms with Crippen LogP contribution in [0.15, 0.2) is 0 Å². The molecule has 0 saturated carbocycles. The van der Waals surface area contributed by atoms with E-state index >= 15 is 0 Å². The van der Waals surface area contributed by atoms with Gasteiger partial charge in [-0.3, -0.25) is 0 Å². The quantitative estimate of drug-likeness (QED) is 0.291. The molecule has 0 aliphatic rings. The van der Waals surface area contributed by atoms with Gasteiger partial charge in [0.25, 0.3) is 0 Å². The lowest BCUT2D eigenvalue weighted by Crippen LogP contribution is -2.04. The van der Waals surface area contributed by atoms with Crippen molar-refractivity contribution in [1.29, 1.82) is 5.26 Å². The molecule has 0 aromatic heterocycles. The zero-order valence-corrected chi connectivity index (χ0v) is 7.54. The Morgan fingerprint density at radius 1 is 0.812 bits per heavy atom. The predicted molar refractivity (Wildman–Crippen MR) is 43.3 cm³/mol. The minimum Gasteiger partial charge on any atom is -0.202 e.